The van der Waals surface area contributed by atoms with E-state index in [4.69, 9.17) is 10.5 Å². The molecular weight excluding hydrogens is 244 g/mol. The van der Waals surface area contributed by atoms with E-state index < -0.39 is 0 Å². The fraction of sp³-hybridized carbons (Fsp3) is 0. The Kier molecular flexibility index (Phi) is 2.92. The van der Waals surface area contributed by atoms with Gasteiger partial charge in [0.2, 0.25) is 0 Å². The minimum absolute atomic E-state index is 0.134. The predicted octanol–water partition coefficient (Wildman–Crippen LogP) is 4.22. The Balaban J connectivity index is 2.21. The van der Waals surface area contributed by atoms with E-state index >= 15 is 0 Å². The van der Waals surface area contributed by atoms with E-state index in [2.05, 4.69) is 24.3 Å². The molecule has 2 heteroatoms. The fourth-order valence-electron chi connectivity index (χ4n) is 2.30. The van der Waals surface area contributed by atoms with Gasteiger partial charge in [-0.15, -0.1) is 0 Å². The molecule has 2 aromatic rings. The number of benzene rings is 2. The zero-order valence-corrected chi connectivity index (χ0v) is 10.7. The van der Waals surface area contributed by atoms with Crippen molar-refractivity contribution < 1.29 is 0 Å². The number of rotatable bonds is 0. The van der Waals surface area contributed by atoms with Crippen LogP contribution in [0, 0.1) is 22.7 Å². The normalized spacial score (nSPS) is 12.4. The molecule has 0 spiro atoms. The van der Waals surface area contributed by atoms with E-state index in [-0.39, 0.29) is 5.57 Å². The third-order valence-corrected chi connectivity index (χ3v) is 3.35. The highest BCUT2D eigenvalue weighted by Gasteiger charge is 2.06. The van der Waals surface area contributed by atoms with Gasteiger partial charge in [-0.25, -0.2) is 0 Å². The van der Waals surface area contributed by atoms with Gasteiger partial charge >= 0.3 is 0 Å². The van der Waals surface area contributed by atoms with E-state index in [0.717, 1.165) is 11.1 Å². The first-order valence-corrected chi connectivity index (χ1v) is 6.25. The lowest BCUT2D eigenvalue weighted by molar-refractivity contribution is 1.44. The van der Waals surface area contributed by atoms with Crippen LogP contribution in [0.1, 0.15) is 11.1 Å². The molecule has 0 saturated heterocycles. The first-order valence-electron chi connectivity index (χ1n) is 6.25. The molecule has 0 saturated carbocycles. The van der Waals surface area contributed by atoms with Crippen LogP contribution in [0.4, 0.5) is 0 Å². The van der Waals surface area contributed by atoms with Gasteiger partial charge in [0, 0.05) is 5.57 Å². The maximum atomic E-state index is 8.94. The summed E-state index contributed by atoms with van der Waals surface area (Å²) in [4.78, 5) is 0. The van der Waals surface area contributed by atoms with Gasteiger partial charge in [0.25, 0.3) is 0 Å². The number of hydrogen-bond acceptors (Lipinski definition) is 2. The van der Waals surface area contributed by atoms with Gasteiger partial charge in [0.1, 0.15) is 17.7 Å². The van der Waals surface area contributed by atoms with Crippen molar-refractivity contribution >= 4 is 22.9 Å². The number of nitrogens with zero attached hydrogens (tertiary/aromatic N) is 2. The van der Waals surface area contributed by atoms with Crippen LogP contribution >= 0.6 is 0 Å². The Morgan fingerprint density at radius 3 is 1.70 bits per heavy atom. The first-order chi connectivity index (χ1) is 9.81. The molecule has 0 heterocycles. The highest BCUT2D eigenvalue weighted by Crippen LogP contribution is 2.26. The van der Waals surface area contributed by atoms with Crippen LogP contribution < -0.4 is 0 Å². The van der Waals surface area contributed by atoms with Gasteiger partial charge in [-0.3, -0.25) is 0 Å². The molecular formula is C18H10N2. The van der Waals surface area contributed by atoms with Gasteiger partial charge in [-0.2, -0.15) is 10.5 Å². The Morgan fingerprint density at radius 1 is 0.750 bits per heavy atom. The largest absolute Gasteiger partial charge is 0.192 e. The summed E-state index contributed by atoms with van der Waals surface area (Å²) < 4.78 is 0. The lowest BCUT2D eigenvalue weighted by Crippen LogP contribution is -1.81. The smallest absolute Gasteiger partial charge is 0.136 e. The molecule has 0 amide bonds. The fourth-order valence-corrected chi connectivity index (χ4v) is 2.30. The van der Waals surface area contributed by atoms with Crippen LogP contribution in [0.3, 0.4) is 0 Å². The molecule has 3 rings (SSSR count). The number of allylic oxidation sites excluding steroid dienone is 4. The molecule has 0 aromatic heterocycles. The third-order valence-electron chi connectivity index (χ3n) is 3.35. The minimum Gasteiger partial charge on any atom is -0.192 e. The summed E-state index contributed by atoms with van der Waals surface area (Å²) >= 11 is 0. The average molecular weight is 254 g/mol. The van der Waals surface area contributed by atoms with Crippen LogP contribution in [0.25, 0.3) is 22.9 Å². The molecule has 0 bridgehead atoms. The molecule has 2 nitrogen and oxygen atoms in total. The Morgan fingerprint density at radius 2 is 1.25 bits per heavy atom. The van der Waals surface area contributed by atoms with Gasteiger partial charge in [0.05, 0.1) is 0 Å². The van der Waals surface area contributed by atoms with Crippen molar-refractivity contribution in [2.24, 2.45) is 0 Å². The van der Waals surface area contributed by atoms with Crippen LogP contribution in [0.2, 0.25) is 0 Å². The summed E-state index contributed by atoms with van der Waals surface area (Å²) in [7, 11) is 0. The molecule has 0 fully saturated rings. The van der Waals surface area contributed by atoms with Gasteiger partial charge in [0.15, 0.2) is 0 Å². The highest BCUT2D eigenvalue weighted by atomic mass is 14.3. The van der Waals surface area contributed by atoms with Crippen molar-refractivity contribution in [1.82, 2.24) is 0 Å². The topological polar surface area (TPSA) is 47.6 Å². The average Bonchev–Trinajstić information content (AvgIpc) is 2.69. The zero-order valence-electron chi connectivity index (χ0n) is 10.7. The van der Waals surface area contributed by atoms with Crippen molar-refractivity contribution in [3.05, 3.63) is 70.8 Å². The summed E-state index contributed by atoms with van der Waals surface area (Å²) in [5, 5.41) is 20.2. The molecule has 0 unspecified atom stereocenters. The van der Waals surface area contributed by atoms with Crippen molar-refractivity contribution in [1.29, 1.82) is 10.5 Å². The minimum atomic E-state index is 0.134. The number of fused-ring (bicyclic) bond motifs is 2. The highest BCUT2D eigenvalue weighted by molar-refractivity contribution is 5.89. The second-order valence-electron chi connectivity index (χ2n) is 4.55. The van der Waals surface area contributed by atoms with Crippen LogP contribution in [-0.2, 0) is 0 Å². The van der Waals surface area contributed by atoms with E-state index in [1.807, 2.05) is 48.6 Å². The molecule has 0 radical (unpaired) electrons. The summed E-state index contributed by atoms with van der Waals surface area (Å²) in [6, 6.07) is 16.3. The molecule has 1 aliphatic rings. The quantitative estimate of drug-likeness (QED) is 0.661. The molecule has 0 aliphatic heterocycles. The molecule has 2 aromatic carbocycles. The Hall–Kier alpha value is -3.10. The van der Waals surface area contributed by atoms with Gasteiger partial charge in [-0.1, -0.05) is 48.6 Å². The van der Waals surface area contributed by atoms with Crippen LogP contribution in [0.5, 0.6) is 0 Å². The SMILES string of the molecule is N#CC(C#N)=C1C=Cc2cc3ccccc3cc2C=C1. The van der Waals surface area contributed by atoms with Crippen molar-refractivity contribution in [2.75, 3.05) is 0 Å². The van der Waals surface area contributed by atoms with E-state index in [1.54, 1.807) is 0 Å². The summed E-state index contributed by atoms with van der Waals surface area (Å²) in [5.41, 5.74) is 2.96. The Bertz CT molecular complexity index is 798. The summed E-state index contributed by atoms with van der Waals surface area (Å²) in [6.07, 6.45) is 7.54. The first kappa shape index (κ1) is 12.0. The Labute approximate surface area is 117 Å². The second kappa shape index (κ2) is 4.88. The van der Waals surface area contributed by atoms with Crippen molar-refractivity contribution in [2.45, 2.75) is 0 Å². The summed E-state index contributed by atoms with van der Waals surface area (Å²) in [6.45, 7) is 0. The van der Waals surface area contributed by atoms with E-state index in [0.29, 0.717) is 5.57 Å². The summed E-state index contributed by atoms with van der Waals surface area (Å²) in [5.74, 6) is 0. The molecule has 20 heavy (non-hydrogen) atoms. The second-order valence-corrected chi connectivity index (χ2v) is 4.55. The lowest BCUT2D eigenvalue weighted by Gasteiger charge is -2.03. The standard InChI is InChI=1S/C18H10N2/c19-11-18(12-20)13-5-7-16-9-14-3-1-2-4-15(14)10-17(16)8-6-13/h1-10H. The van der Waals surface area contributed by atoms with Crippen molar-refractivity contribution in [3.63, 3.8) is 0 Å². The molecule has 1 aliphatic carbocycles. The lowest BCUT2D eigenvalue weighted by atomic mass is 10.0. The maximum absolute atomic E-state index is 8.94. The number of nitriles is 2. The van der Waals surface area contributed by atoms with Gasteiger partial charge < -0.3 is 0 Å². The molecule has 0 N–H and O–H groups in total. The van der Waals surface area contributed by atoms with Gasteiger partial charge in [-0.05, 0) is 34.0 Å². The number of hydrogen-bond donors (Lipinski definition) is 0. The molecule has 0 atom stereocenters. The zero-order chi connectivity index (χ0) is 13.9. The van der Waals surface area contributed by atoms with E-state index in [1.165, 1.54) is 10.8 Å². The van der Waals surface area contributed by atoms with Crippen LogP contribution in [0.15, 0.2) is 59.7 Å². The van der Waals surface area contributed by atoms with E-state index in [9.17, 15) is 0 Å². The van der Waals surface area contributed by atoms with Crippen LogP contribution in [-0.4, -0.2) is 0 Å². The predicted molar refractivity (Wildman–Crippen MR) is 80.3 cm³/mol. The van der Waals surface area contributed by atoms with Crippen molar-refractivity contribution in [3.8, 4) is 12.1 Å². The molecule has 92 valence electrons. The monoisotopic (exact) mass is 254 g/mol. The maximum Gasteiger partial charge on any atom is 0.136 e. The third kappa shape index (κ3) is 2.00.